The van der Waals surface area contributed by atoms with Gasteiger partial charge in [0.05, 0.1) is 11.7 Å². The molecule has 0 saturated carbocycles. The lowest BCUT2D eigenvalue weighted by molar-refractivity contribution is 0.0161. The molecule has 1 amide bonds. The third-order valence-electron chi connectivity index (χ3n) is 8.03. The van der Waals surface area contributed by atoms with Crippen LogP contribution in [0.15, 0.2) is 85.2 Å². The molecule has 6 rings (SSSR count). The zero-order valence-corrected chi connectivity index (χ0v) is 23.6. The third-order valence-corrected chi connectivity index (χ3v) is 8.03. The summed E-state index contributed by atoms with van der Waals surface area (Å²) in [6, 6.07) is 23.4. The van der Waals surface area contributed by atoms with Gasteiger partial charge in [-0.25, -0.2) is 4.79 Å². The monoisotopic (exact) mass is 564 g/mol. The number of amides is 1. The first-order chi connectivity index (χ1) is 20.6. The highest BCUT2D eigenvalue weighted by atomic mass is 16.6. The van der Waals surface area contributed by atoms with Gasteiger partial charge in [-0.05, 0) is 79.8 Å². The minimum Gasteiger partial charge on any atom is -0.459 e. The highest BCUT2D eigenvalue weighted by Crippen LogP contribution is 2.26. The molecule has 1 aromatic heterocycles. The van der Waals surface area contributed by atoms with E-state index in [4.69, 9.17) is 9.47 Å². The standard InChI is InChI=1S/C34H36N4O4/c39-33(25-9-11-26(12-10-25)34(40)42-23-30-7-3-19-41-30)37-29-6-1-4-24(20-29)22-38-17-14-28(15-18-38)36-32-8-2-5-27-21-35-16-13-31(27)32/h1-2,4-6,8-13,16,20-21,28,30,36H,3,7,14-15,17-19,22-23H2,(H,37,39). The lowest BCUT2D eigenvalue weighted by Gasteiger charge is -2.33. The van der Waals surface area contributed by atoms with Gasteiger partial charge in [-0.3, -0.25) is 14.7 Å². The molecule has 216 valence electrons. The summed E-state index contributed by atoms with van der Waals surface area (Å²) in [5, 5.41) is 9.09. The maximum Gasteiger partial charge on any atom is 0.338 e. The first-order valence-electron chi connectivity index (χ1n) is 14.7. The number of hydrogen-bond acceptors (Lipinski definition) is 7. The van der Waals surface area contributed by atoms with Crippen molar-refractivity contribution < 1.29 is 19.1 Å². The molecule has 0 bridgehead atoms. The molecule has 1 unspecified atom stereocenters. The molecule has 2 fully saturated rings. The number of piperidine rings is 1. The number of esters is 1. The van der Waals surface area contributed by atoms with E-state index in [1.807, 2.05) is 30.6 Å². The number of carbonyl (C=O) groups excluding carboxylic acids is 2. The molecule has 0 spiro atoms. The quantitative estimate of drug-likeness (QED) is 0.245. The number of aromatic nitrogens is 1. The number of anilines is 2. The van der Waals surface area contributed by atoms with Crippen LogP contribution in [0.2, 0.25) is 0 Å². The fourth-order valence-electron chi connectivity index (χ4n) is 5.70. The van der Waals surface area contributed by atoms with Crippen LogP contribution in [0.3, 0.4) is 0 Å². The topological polar surface area (TPSA) is 92.8 Å². The maximum absolute atomic E-state index is 12.9. The summed E-state index contributed by atoms with van der Waals surface area (Å²) in [6.07, 6.45) is 7.77. The van der Waals surface area contributed by atoms with Gasteiger partial charge in [0.2, 0.25) is 0 Å². The number of hydrogen-bond donors (Lipinski definition) is 2. The molecular formula is C34H36N4O4. The Balaban J connectivity index is 0.982. The normalized spacial score (nSPS) is 17.7. The van der Waals surface area contributed by atoms with Gasteiger partial charge in [0, 0.05) is 72.4 Å². The van der Waals surface area contributed by atoms with Crippen LogP contribution >= 0.6 is 0 Å². The summed E-state index contributed by atoms with van der Waals surface area (Å²) in [6.45, 7) is 3.82. The fraction of sp³-hybridized carbons (Fsp3) is 0.324. The second kappa shape index (κ2) is 13.1. The number of nitrogens with one attached hydrogen (secondary N) is 2. The Morgan fingerprint density at radius 1 is 0.952 bits per heavy atom. The van der Waals surface area contributed by atoms with Crippen molar-refractivity contribution in [1.29, 1.82) is 0 Å². The lowest BCUT2D eigenvalue weighted by Crippen LogP contribution is -2.38. The van der Waals surface area contributed by atoms with Crippen molar-refractivity contribution in [2.45, 2.75) is 44.4 Å². The average molecular weight is 565 g/mol. The minimum absolute atomic E-state index is 0.0162. The van der Waals surface area contributed by atoms with Gasteiger partial charge in [0.15, 0.2) is 0 Å². The van der Waals surface area contributed by atoms with Crippen molar-refractivity contribution in [3.63, 3.8) is 0 Å². The van der Waals surface area contributed by atoms with Gasteiger partial charge in [-0.2, -0.15) is 0 Å². The van der Waals surface area contributed by atoms with Crippen LogP contribution in [0.5, 0.6) is 0 Å². The first-order valence-corrected chi connectivity index (χ1v) is 14.7. The Morgan fingerprint density at radius 3 is 2.57 bits per heavy atom. The molecule has 2 N–H and O–H groups in total. The average Bonchev–Trinajstić information content (AvgIpc) is 3.55. The van der Waals surface area contributed by atoms with E-state index in [-0.39, 0.29) is 18.6 Å². The molecule has 1 atom stereocenters. The van der Waals surface area contributed by atoms with Crippen molar-refractivity contribution in [3.05, 3.63) is 102 Å². The summed E-state index contributed by atoms with van der Waals surface area (Å²) in [5.74, 6) is -0.626. The van der Waals surface area contributed by atoms with E-state index in [0.29, 0.717) is 17.2 Å². The van der Waals surface area contributed by atoms with Crippen molar-refractivity contribution >= 4 is 34.0 Å². The molecule has 0 radical (unpaired) electrons. The predicted molar refractivity (Wildman–Crippen MR) is 164 cm³/mol. The number of rotatable bonds is 9. The number of fused-ring (bicyclic) bond motifs is 1. The summed E-state index contributed by atoms with van der Waals surface area (Å²) in [7, 11) is 0. The van der Waals surface area contributed by atoms with E-state index in [1.165, 1.54) is 11.1 Å². The molecule has 0 aliphatic carbocycles. The smallest absolute Gasteiger partial charge is 0.338 e. The van der Waals surface area contributed by atoms with Crippen LogP contribution in [-0.2, 0) is 16.0 Å². The molecule has 2 aliphatic heterocycles. The fourth-order valence-corrected chi connectivity index (χ4v) is 5.70. The maximum atomic E-state index is 12.9. The van der Waals surface area contributed by atoms with Gasteiger partial charge < -0.3 is 20.1 Å². The summed E-state index contributed by atoms with van der Waals surface area (Å²) >= 11 is 0. The minimum atomic E-state index is -0.406. The van der Waals surface area contributed by atoms with Gasteiger partial charge >= 0.3 is 5.97 Å². The first kappa shape index (κ1) is 27.9. The van der Waals surface area contributed by atoms with Crippen LogP contribution in [0.4, 0.5) is 11.4 Å². The number of ether oxygens (including phenoxy) is 2. The summed E-state index contributed by atoms with van der Waals surface area (Å²) < 4.78 is 10.9. The Labute approximate surface area is 246 Å². The Kier molecular flexibility index (Phi) is 8.72. The second-order valence-electron chi connectivity index (χ2n) is 11.1. The Hall–Kier alpha value is -4.27. The summed E-state index contributed by atoms with van der Waals surface area (Å²) in [5.41, 5.74) is 3.97. The third kappa shape index (κ3) is 6.95. The van der Waals surface area contributed by atoms with E-state index >= 15 is 0 Å². The molecule has 8 heteroatoms. The van der Waals surface area contributed by atoms with Gasteiger partial charge in [-0.15, -0.1) is 0 Å². The van der Waals surface area contributed by atoms with E-state index in [2.05, 4.69) is 50.8 Å². The molecule has 2 saturated heterocycles. The van der Waals surface area contributed by atoms with Crippen LogP contribution in [0, 0.1) is 0 Å². The van der Waals surface area contributed by atoms with E-state index in [0.717, 1.165) is 68.6 Å². The number of pyridine rings is 1. The number of benzene rings is 3. The van der Waals surface area contributed by atoms with Crippen LogP contribution < -0.4 is 10.6 Å². The molecule has 4 aromatic rings. The Bertz CT molecular complexity index is 1520. The van der Waals surface area contributed by atoms with E-state index < -0.39 is 5.97 Å². The molecule has 8 nitrogen and oxygen atoms in total. The van der Waals surface area contributed by atoms with Crippen molar-refractivity contribution in [1.82, 2.24) is 9.88 Å². The number of nitrogens with zero attached hydrogens (tertiary/aromatic N) is 2. The van der Waals surface area contributed by atoms with Gasteiger partial charge in [0.1, 0.15) is 6.61 Å². The molecule has 3 aromatic carbocycles. The van der Waals surface area contributed by atoms with Gasteiger partial charge in [0.25, 0.3) is 5.91 Å². The van der Waals surface area contributed by atoms with Crippen LogP contribution in [0.25, 0.3) is 10.8 Å². The highest BCUT2D eigenvalue weighted by Gasteiger charge is 2.21. The zero-order chi connectivity index (χ0) is 28.7. The number of carbonyl (C=O) groups is 2. The van der Waals surface area contributed by atoms with Crippen molar-refractivity contribution in [2.75, 3.05) is 36.9 Å². The lowest BCUT2D eigenvalue weighted by atomic mass is 10.0. The van der Waals surface area contributed by atoms with Crippen molar-refractivity contribution in [2.24, 2.45) is 0 Å². The Morgan fingerprint density at radius 2 is 1.76 bits per heavy atom. The molecular weight excluding hydrogens is 528 g/mol. The van der Waals surface area contributed by atoms with E-state index in [1.54, 1.807) is 24.3 Å². The molecule has 42 heavy (non-hydrogen) atoms. The molecule has 2 aliphatic rings. The van der Waals surface area contributed by atoms with Crippen LogP contribution in [0.1, 0.15) is 52.0 Å². The highest BCUT2D eigenvalue weighted by molar-refractivity contribution is 6.04. The van der Waals surface area contributed by atoms with Gasteiger partial charge in [-0.1, -0.05) is 24.3 Å². The van der Waals surface area contributed by atoms with E-state index in [9.17, 15) is 9.59 Å². The van der Waals surface area contributed by atoms with Crippen molar-refractivity contribution in [3.8, 4) is 0 Å². The largest absolute Gasteiger partial charge is 0.459 e. The zero-order valence-electron chi connectivity index (χ0n) is 23.6. The predicted octanol–water partition coefficient (Wildman–Crippen LogP) is 5.90. The SMILES string of the molecule is O=C(Nc1cccc(CN2CCC(Nc3cccc4cnccc34)CC2)c1)c1ccc(C(=O)OCC2CCCO2)cc1. The van der Waals surface area contributed by atoms with Crippen LogP contribution in [-0.4, -0.2) is 60.2 Å². The summed E-state index contributed by atoms with van der Waals surface area (Å²) in [4.78, 5) is 31.9. The number of likely N-dealkylation sites (tertiary alicyclic amines) is 1. The second-order valence-corrected chi connectivity index (χ2v) is 11.1. The molecule has 3 heterocycles.